The molecule has 0 aliphatic carbocycles. The number of benzene rings is 1. The third-order valence-corrected chi connectivity index (χ3v) is 3.24. The van der Waals surface area contributed by atoms with Crippen LogP contribution in [0.2, 0.25) is 0 Å². The summed E-state index contributed by atoms with van der Waals surface area (Å²) in [4.78, 5) is 13.9. The van der Waals surface area contributed by atoms with Gasteiger partial charge in [0, 0.05) is 17.5 Å². The number of rotatable bonds is 5. The van der Waals surface area contributed by atoms with Crippen LogP contribution in [0.1, 0.15) is 15.9 Å². The van der Waals surface area contributed by atoms with Gasteiger partial charge in [-0.25, -0.2) is 0 Å². The smallest absolute Gasteiger partial charge is 0.177 e. The maximum absolute atomic E-state index is 11.9. The van der Waals surface area contributed by atoms with Crippen molar-refractivity contribution in [3.05, 3.63) is 58.3 Å². The summed E-state index contributed by atoms with van der Waals surface area (Å²) in [5, 5.41) is 3.84. The van der Waals surface area contributed by atoms with Gasteiger partial charge in [0.25, 0.3) is 0 Å². The van der Waals surface area contributed by atoms with E-state index in [1.165, 1.54) is 5.56 Å². The SMILES string of the molecule is CN(CC(=O)c1ccsc1)Cc1ccccc1. The second kappa shape index (κ2) is 5.75. The van der Waals surface area contributed by atoms with Crippen LogP contribution in [0.15, 0.2) is 47.2 Å². The molecule has 0 unspecified atom stereocenters. The van der Waals surface area contributed by atoms with Gasteiger partial charge < -0.3 is 0 Å². The van der Waals surface area contributed by atoms with E-state index in [2.05, 4.69) is 12.1 Å². The highest BCUT2D eigenvalue weighted by molar-refractivity contribution is 7.08. The summed E-state index contributed by atoms with van der Waals surface area (Å²) in [6, 6.07) is 12.1. The molecule has 0 saturated heterocycles. The van der Waals surface area contributed by atoms with Gasteiger partial charge in [-0.3, -0.25) is 9.69 Å². The molecule has 1 heterocycles. The van der Waals surface area contributed by atoms with Crippen molar-refractivity contribution in [1.82, 2.24) is 4.90 Å². The standard InChI is InChI=1S/C14H15NOS/c1-15(9-12-5-3-2-4-6-12)10-14(16)13-7-8-17-11-13/h2-8,11H,9-10H2,1H3. The quantitative estimate of drug-likeness (QED) is 0.755. The van der Waals surface area contributed by atoms with E-state index in [1.54, 1.807) is 11.3 Å². The maximum Gasteiger partial charge on any atom is 0.177 e. The summed E-state index contributed by atoms with van der Waals surface area (Å²) in [6.07, 6.45) is 0. The molecule has 0 atom stereocenters. The lowest BCUT2D eigenvalue weighted by molar-refractivity contribution is 0.0943. The average molecular weight is 245 g/mol. The normalized spacial score (nSPS) is 10.7. The van der Waals surface area contributed by atoms with Crippen LogP contribution in [0.4, 0.5) is 0 Å². The summed E-state index contributed by atoms with van der Waals surface area (Å²) in [5.74, 6) is 0.185. The molecule has 1 aromatic carbocycles. The van der Waals surface area contributed by atoms with Crippen molar-refractivity contribution in [2.24, 2.45) is 0 Å². The fraction of sp³-hybridized carbons (Fsp3) is 0.214. The number of hydrogen-bond acceptors (Lipinski definition) is 3. The molecule has 0 saturated carbocycles. The molecule has 2 aromatic rings. The van der Waals surface area contributed by atoms with Gasteiger partial charge in [-0.1, -0.05) is 30.3 Å². The Hall–Kier alpha value is -1.45. The molecule has 3 heteroatoms. The first-order valence-corrected chi connectivity index (χ1v) is 6.48. The number of Topliss-reactive ketones (excluding diaryl/α,β-unsaturated/α-hetero) is 1. The van der Waals surface area contributed by atoms with Crippen molar-refractivity contribution in [2.75, 3.05) is 13.6 Å². The molecule has 17 heavy (non-hydrogen) atoms. The minimum atomic E-state index is 0.185. The van der Waals surface area contributed by atoms with Gasteiger partial charge in [-0.2, -0.15) is 11.3 Å². The molecule has 0 aliphatic rings. The van der Waals surface area contributed by atoms with Crippen LogP contribution in [0, 0.1) is 0 Å². The van der Waals surface area contributed by atoms with Crippen LogP contribution >= 0.6 is 11.3 Å². The molecule has 2 nitrogen and oxygen atoms in total. The van der Waals surface area contributed by atoms with E-state index in [0.29, 0.717) is 6.54 Å². The van der Waals surface area contributed by atoms with Crippen molar-refractivity contribution in [3.63, 3.8) is 0 Å². The van der Waals surface area contributed by atoms with Gasteiger partial charge in [0.05, 0.1) is 6.54 Å². The van der Waals surface area contributed by atoms with Crippen LogP contribution in [-0.2, 0) is 6.54 Å². The van der Waals surface area contributed by atoms with E-state index in [-0.39, 0.29) is 5.78 Å². The van der Waals surface area contributed by atoms with Crippen molar-refractivity contribution < 1.29 is 4.79 Å². The minimum Gasteiger partial charge on any atom is -0.295 e. The topological polar surface area (TPSA) is 20.3 Å². The number of nitrogens with zero attached hydrogens (tertiary/aromatic N) is 1. The Morgan fingerprint density at radius 3 is 2.65 bits per heavy atom. The highest BCUT2D eigenvalue weighted by Crippen LogP contribution is 2.08. The Bertz CT molecular complexity index is 464. The summed E-state index contributed by atoms with van der Waals surface area (Å²) in [6.45, 7) is 1.27. The van der Waals surface area contributed by atoms with Gasteiger partial charge in [0.1, 0.15) is 0 Å². The molecule has 0 radical (unpaired) electrons. The zero-order valence-corrected chi connectivity index (χ0v) is 10.6. The highest BCUT2D eigenvalue weighted by Gasteiger charge is 2.09. The monoisotopic (exact) mass is 245 g/mol. The summed E-state index contributed by atoms with van der Waals surface area (Å²) < 4.78 is 0. The lowest BCUT2D eigenvalue weighted by atomic mass is 10.2. The number of carbonyl (C=O) groups excluding carboxylic acids is 1. The van der Waals surface area contributed by atoms with Crippen molar-refractivity contribution in [3.8, 4) is 0 Å². The van der Waals surface area contributed by atoms with Gasteiger partial charge >= 0.3 is 0 Å². The molecular weight excluding hydrogens is 230 g/mol. The third-order valence-electron chi connectivity index (χ3n) is 2.55. The third kappa shape index (κ3) is 3.51. The zero-order chi connectivity index (χ0) is 12.1. The molecule has 1 aromatic heterocycles. The molecule has 0 spiro atoms. The van der Waals surface area contributed by atoms with Crippen LogP contribution in [0.5, 0.6) is 0 Å². The van der Waals surface area contributed by atoms with E-state index in [1.807, 2.05) is 47.0 Å². The predicted molar refractivity (Wildman–Crippen MR) is 71.4 cm³/mol. The Labute approximate surface area is 106 Å². The summed E-state index contributed by atoms with van der Waals surface area (Å²) in [7, 11) is 1.97. The van der Waals surface area contributed by atoms with Crippen molar-refractivity contribution in [1.29, 1.82) is 0 Å². The van der Waals surface area contributed by atoms with E-state index in [4.69, 9.17) is 0 Å². The van der Waals surface area contributed by atoms with E-state index in [9.17, 15) is 4.79 Å². The molecule has 0 bridgehead atoms. The molecule has 0 amide bonds. The van der Waals surface area contributed by atoms with Crippen molar-refractivity contribution in [2.45, 2.75) is 6.54 Å². The van der Waals surface area contributed by atoms with Crippen molar-refractivity contribution >= 4 is 17.1 Å². The average Bonchev–Trinajstić information content (AvgIpc) is 2.83. The van der Waals surface area contributed by atoms with Gasteiger partial charge in [0.2, 0.25) is 0 Å². The number of ketones is 1. The van der Waals surface area contributed by atoms with Crippen LogP contribution in [-0.4, -0.2) is 24.3 Å². The Balaban J connectivity index is 1.90. The predicted octanol–water partition coefficient (Wildman–Crippen LogP) is 3.06. The number of hydrogen-bond donors (Lipinski definition) is 0. The zero-order valence-electron chi connectivity index (χ0n) is 9.80. The minimum absolute atomic E-state index is 0.185. The first-order valence-electron chi connectivity index (χ1n) is 5.53. The molecule has 0 fully saturated rings. The molecular formula is C14H15NOS. The van der Waals surface area contributed by atoms with Gasteiger partial charge in [-0.05, 0) is 24.1 Å². The lowest BCUT2D eigenvalue weighted by Gasteiger charge is -2.15. The largest absolute Gasteiger partial charge is 0.295 e. The van der Waals surface area contributed by atoms with Crippen LogP contribution in [0.3, 0.4) is 0 Å². The van der Waals surface area contributed by atoms with E-state index < -0.39 is 0 Å². The fourth-order valence-corrected chi connectivity index (χ4v) is 2.37. The molecule has 0 aliphatic heterocycles. The first-order chi connectivity index (χ1) is 8.25. The highest BCUT2D eigenvalue weighted by atomic mass is 32.1. The number of thiophene rings is 1. The second-order valence-electron chi connectivity index (χ2n) is 4.09. The van der Waals surface area contributed by atoms with Crippen LogP contribution < -0.4 is 0 Å². The van der Waals surface area contributed by atoms with E-state index >= 15 is 0 Å². The maximum atomic E-state index is 11.9. The molecule has 0 N–H and O–H groups in total. The van der Waals surface area contributed by atoms with E-state index in [0.717, 1.165) is 12.1 Å². The Morgan fingerprint density at radius 1 is 1.24 bits per heavy atom. The summed E-state index contributed by atoms with van der Waals surface area (Å²) >= 11 is 1.56. The van der Waals surface area contributed by atoms with Gasteiger partial charge in [-0.15, -0.1) is 0 Å². The number of likely N-dealkylation sites (N-methyl/N-ethyl adjacent to an activating group) is 1. The fourth-order valence-electron chi connectivity index (χ4n) is 1.71. The molecule has 2 rings (SSSR count). The summed E-state index contributed by atoms with van der Waals surface area (Å²) in [5.41, 5.74) is 2.04. The van der Waals surface area contributed by atoms with Crippen LogP contribution in [0.25, 0.3) is 0 Å². The van der Waals surface area contributed by atoms with Gasteiger partial charge in [0.15, 0.2) is 5.78 Å². The first kappa shape index (κ1) is 12.0. The lowest BCUT2D eigenvalue weighted by Crippen LogP contribution is -2.25. The molecule has 88 valence electrons. The Kier molecular flexibility index (Phi) is 4.07. The number of carbonyl (C=O) groups is 1. The second-order valence-corrected chi connectivity index (χ2v) is 4.87. The Morgan fingerprint density at radius 2 is 2.00 bits per heavy atom.